The molecule has 1 rings (SSSR count). The zero-order valence-electron chi connectivity index (χ0n) is 11.0. The number of aromatic nitrogens is 2. The molecular formula is C12H20N4O. The first-order valence-electron chi connectivity index (χ1n) is 5.78. The molecule has 1 aromatic rings. The van der Waals surface area contributed by atoms with Gasteiger partial charge < -0.3 is 9.80 Å². The van der Waals surface area contributed by atoms with Crippen molar-refractivity contribution in [2.75, 3.05) is 37.0 Å². The molecule has 0 bridgehead atoms. The van der Waals surface area contributed by atoms with E-state index in [1.807, 2.05) is 30.0 Å². The number of ketones is 1. The Morgan fingerprint density at radius 1 is 1.24 bits per heavy atom. The zero-order chi connectivity index (χ0) is 12.8. The van der Waals surface area contributed by atoms with Gasteiger partial charge in [-0.2, -0.15) is 0 Å². The van der Waals surface area contributed by atoms with Crippen LogP contribution < -0.4 is 9.80 Å². The van der Waals surface area contributed by atoms with Gasteiger partial charge in [-0.15, -0.1) is 0 Å². The molecule has 0 aromatic carbocycles. The summed E-state index contributed by atoms with van der Waals surface area (Å²) in [6.07, 6.45) is 2.10. The highest BCUT2D eigenvalue weighted by Gasteiger charge is 2.07. The summed E-state index contributed by atoms with van der Waals surface area (Å²) in [6.45, 7) is 5.25. The molecule has 0 spiro atoms. The van der Waals surface area contributed by atoms with Crippen LogP contribution in [-0.4, -0.2) is 42.9 Å². The van der Waals surface area contributed by atoms with E-state index in [1.165, 1.54) is 0 Å². The van der Waals surface area contributed by atoms with Crippen LogP contribution in [0.15, 0.2) is 12.4 Å². The number of hydrogen-bond donors (Lipinski definition) is 0. The third-order valence-electron chi connectivity index (χ3n) is 2.69. The van der Waals surface area contributed by atoms with E-state index >= 15 is 0 Å². The zero-order valence-corrected chi connectivity index (χ0v) is 11.0. The van der Waals surface area contributed by atoms with Gasteiger partial charge >= 0.3 is 0 Å². The Morgan fingerprint density at radius 2 is 1.82 bits per heavy atom. The van der Waals surface area contributed by atoms with Crippen molar-refractivity contribution in [3.8, 4) is 0 Å². The van der Waals surface area contributed by atoms with Crippen LogP contribution in [0.2, 0.25) is 0 Å². The van der Waals surface area contributed by atoms with Crippen LogP contribution in [0.3, 0.4) is 0 Å². The van der Waals surface area contributed by atoms with Crippen molar-refractivity contribution >= 4 is 17.4 Å². The molecular weight excluding hydrogens is 216 g/mol. The average molecular weight is 236 g/mol. The van der Waals surface area contributed by atoms with Crippen molar-refractivity contribution in [3.05, 3.63) is 12.4 Å². The standard InChI is InChI=1S/C12H20N4O/c1-5-15(3)11-8-12(14-9-13-11)16(4)7-6-10(2)17/h8-9H,5-7H2,1-4H3. The van der Waals surface area contributed by atoms with Crippen LogP contribution in [-0.2, 0) is 4.79 Å². The van der Waals surface area contributed by atoms with Gasteiger partial charge in [0.05, 0.1) is 0 Å². The minimum Gasteiger partial charge on any atom is -0.360 e. The van der Waals surface area contributed by atoms with Gasteiger partial charge in [0, 0.05) is 39.7 Å². The van der Waals surface area contributed by atoms with E-state index in [-0.39, 0.29) is 5.78 Å². The Kier molecular flexibility index (Phi) is 4.87. The van der Waals surface area contributed by atoms with E-state index in [4.69, 9.17) is 0 Å². The first-order chi connectivity index (χ1) is 8.04. The van der Waals surface area contributed by atoms with Gasteiger partial charge in [0.25, 0.3) is 0 Å². The Balaban J connectivity index is 2.73. The molecule has 0 saturated carbocycles. The van der Waals surface area contributed by atoms with E-state index in [0.29, 0.717) is 13.0 Å². The third-order valence-corrected chi connectivity index (χ3v) is 2.69. The Labute approximate surface area is 102 Å². The summed E-state index contributed by atoms with van der Waals surface area (Å²) in [6, 6.07) is 1.93. The summed E-state index contributed by atoms with van der Waals surface area (Å²) in [5.74, 6) is 1.93. The molecule has 0 radical (unpaired) electrons. The van der Waals surface area contributed by atoms with E-state index in [2.05, 4.69) is 16.9 Å². The van der Waals surface area contributed by atoms with E-state index in [1.54, 1.807) is 13.3 Å². The summed E-state index contributed by atoms with van der Waals surface area (Å²) < 4.78 is 0. The fraction of sp³-hybridized carbons (Fsp3) is 0.583. The summed E-state index contributed by atoms with van der Waals surface area (Å²) in [7, 11) is 3.92. The lowest BCUT2D eigenvalue weighted by molar-refractivity contribution is -0.116. The second-order valence-corrected chi connectivity index (χ2v) is 4.12. The molecule has 0 aliphatic heterocycles. The number of hydrogen-bond acceptors (Lipinski definition) is 5. The molecule has 1 aromatic heterocycles. The van der Waals surface area contributed by atoms with Crippen molar-refractivity contribution < 1.29 is 4.79 Å². The molecule has 0 unspecified atom stereocenters. The maximum Gasteiger partial charge on any atom is 0.133 e. The van der Waals surface area contributed by atoms with Crippen molar-refractivity contribution in [1.29, 1.82) is 0 Å². The summed E-state index contributed by atoms with van der Waals surface area (Å²) >= 11 is 0. The number of rotatable bonds is 6. The van der Waals surface area contributed by atoms with Crippen LogP contribution in [0.4, 0.5) is 11.6 Å². The predicted molar refractivity (Wildman–Crippen MR) is 69.5 cm³/mol. The van der Waals surface area contributed by atoms with Crippen molar-refractivity contribution in [2.24, 2.45) is 0 Å². The van der Waals surface area contributed by atoms with Gasteiger partial charge in [0.15, 0.2) is 0 Å². The van der Waals surface area contributed by atoms with Crippen molar-refractivity contribution in [2.45, 2.75) is 20.3 Å². The van der Waals surface area contributed by atoms with Gasteiger partial charge in [-0.25, -0.2) is 9.97 Å². The number of anilines is 2. The normalized spacial score (nSPS) is 10.1. The maximum absolute atomic E-state index is 10.9. The fourth-order valence-electron chi connectivity index (χ4n) is 1.36. The van der Waals surface area contributed by atoms with Crippen molar-refractivity contribution in [1.82, 2.24) is 9.97 Å². The minimum atomic E-state index is 0.191. The highest BCUT2D eigenvalue weighted by atomic mass is 16.1. The first kappa shape index (κ1) is 13.4. The Morgan fingerprint density at radius 3 is 2.35 bits per heavy atom. The Hall–Kier alpha value is -1.65. The number of Topliss-reactive ketones (excluding diaryl/α,β-unsaturated/α-hetero) is 1. The molecule has 0 saturated heterocycles. The van der Waals surface area contributed by atoms with Crippen LogP contribution in [0, 0.1) is 0 Å². The smallest absolute Gasteiger partial charge is 0.133 e. The highest BCUT2D eigenvalue weighted by Crippen LogP contribution is 2.15. The lowest BCUT2D eigenvalue weighted by atomic mass is 10.3. The lowest BCUT2D eigenvalue weighted by Crippen LogP contribution is -2.23. The van der Waals surface area contributed by atoms with Crippen LogP contribution >= 0.6 is 0 Å². The minimum absolute atomic E-state index is 0.191. The number of carbonyl (C=O) groups excluding carboxylic acids is 1. The van der Waals surface area contributed by atoms with E-state index < -0.39 is 0 Å². The molecule has 5 nitrogen and oxygen atoms in total. The van der Waals surface area contributed by atoms with Crippen LogP contribution in [0.1, 0.15) is 20.3 Å². The first-order valence-corrected chi connectivity index (χ1v) is 5.78. The predicted octanol–water partition coefficient (Wildman–Crippen LogP) is 1.35. The van der Waals surface area contributed by atoms with Crippen molar-refractivity contribution in [3.63, 3.8) is 0 Å². The molecule has 94 valence electrons. The number of nitrogens with zero attached hydrogens (tertiary/aromatic N) is 4. The molecule has 17 heavy (non-hydrogen) atoms. The number of carbonyl (C=O) groups is 1. The molecule has 1 heterocycles. The third kappa shape index (κ3) is 4.01. The molecule has 0 fully saturated rings. The van der Waals surface area contributed by atoms with E-state index in [0.717, 1.165) is 18.2 Å². The Bertz CT molecular complexity index is 381. The molecule has 0 aliphatic rings. The second kappa shape index (κ2) is 6.18. The van der Waals surface area contributed by atoms with Gasteiger partial charge in [-0.3, -0.25) is 4.79 Å². The average Bonchev–Trinajstić information content (AvgIpc) is 2.35. The second-order valence-electron chi connectivity index (χ2n) is 4.12. The van der Waals surface area contributed by atoms with Crippen LogP contribution in [0.25, 0.3) is 0 Å². The monoisotopic (exact) mass is 236 g/mol. The SMILES string of the molecule is CCN(C)c1cc(N(C)CCC(C)=O)ncn1. The summed E-state index contributed by atoms with van der Waals surface area (Å²) in [4.78, 5) is 23.4. The van der Waals surface area contributed by atoms with E-state index in [9.17, 15) is 4.79 Å². The van der Waals surface area contributed by atoms with Gasteiger partial charge in [0.2, 0.25) is 0 Å². The topological polar surface area (TPSA) is 49.3 Å². The molecule has 5 heteroatoms. The molecule has 0 atom stereocenters. The fourth-order valence-corrected chi connectivity index (χ4v) is 1.36. The van der Waals surface area contributed by atoms with Crippen LogP contribution in [0.5, 0.6) is 0 Å². The summed E-state index contributed by atoms with van der Waals surface area (Å²) in [5, 5.41) is 0. The quantitative estimate of drug-likeness (QED) is 0.746. The van der Waals surface area contributed by atoms with Gasteiger partial charge in [-0.1, -0.05) is 0 Å². The lowest BCUT2D eigenvalue weighted by Gasteiger charge is -2.20. The largest absolute Gasteiger partial charge is 0.360 e. The molecule has 0 N–H and O–H groups in total. The maximum atomic E-state index is 10.9. The molecule has 0 amide bonds. The highest BCUT2D eigenvalue weighted by molar-refractivity contribution is 5.76. The van der Waals surface area contributed by atoms with Gasteiger partial charge in [-0.05, 0) is 13.8 Å². The summed E-state index contributed by atoms with van der Waals surface area (Å²) in [5.41, 5.74) is 0. The van der Waals surface area contributed by atoms with Gasteiger partial charge in [0.1, 0.15) is 23.7 Å². The molecule has 0 aliphatic carbocycles.